The van der Waals surface area contributed by atoms with E-state index in [1.807, 2.05) is 17.0 Å². The van der Waals surface area contributed by atoms with Gasteiger partial charge in [-0.2, -0.15) is 0 Å². The number of aromatic nitrogens is 1. The molecule has 0 radical (unpaired) electrons. The molecule has 26 heavy (non-hydrogen) atoms. The number of hydrogen-bond acceptors (Lipinski definition) is 5. The highest BCUT2D eigenvalue weighted by Gasteiger charge is 2.28. The van der Waals surface area contributed by atoms with Crippen LogP contribution in [-0.2, 0) is 4.74 Å². The van der Waals surface area contributed by atoms with Crippen LogP contribution >= 0.6 is 0 Å². The Labute approximate surface area is 155 Å². The summed E-state index contributed by atoms with van der Waals surface area (Å²) in [5, 5.41) is 0. The average molecular weight is 357 g/mol. The summed E-state index contributed by atoms with van der Waals surface area (Å²) in [6, 6.07) is 6.02. The van der Waals surface area contributed by atoms with Crippen LogP contribution in [-0.4, -0.2) is 72.3 Å². The summed E-state index contributed by atoms with van der Waals surface area (Å²) in [5.74, 6) is 1.24. The fraction of sp³-hybridized carbons (Fsp3) is 0.632. The van der Waals surface area contributed by atoms with Gasteiger partial charge in [0.2, 0.25) is 5.82 Å². The standard InChI is InChI=1S/C19H27N5O2/c1-15(2)22-11-13-24(14-12-22)19(25)26-16-7-9-23(10-8-16)18-6-4-5-17(20-3)21-18/h4-6,15-16H,7-14H2,1-2H3. The maximum atomic E-state index is 12.4. The number of piperazine rings is 1. The monoisotopic (exact) mass is 357 g/mol. The lowest BCUT2D eigenvalue weighted by Gasteiger charge is -2.37. The quantitative estimate of drug-likeness (QED) is 0.779. The van der Waals surface area contributed by atoms with Crippen molar-refractivity contribution in [3.63, 3.8) is 0 Å². The van der Waals surface area contributed by atoms with E-state index in [1.54, 1.807) is 6.07 Å². The Morgan fingerprint density at radius 1 is 1.19 bits per heavy atom. The SMILES string of the molecule is [C-]#[N+]c1cccc(N2CCC(OC(=O)N3CCN(C(C)C)CC3)CC2)n1. The maximum absolute atomic E-state index is 12.4. The highest BCUT2D eigenvalue weighted by molar-refractivity contribution is 5.68. The molecule has 3 rings (SSSR count). The molecule has 1 aromatic heterocycles. The molecule has 3 heterocycles. The van der Waals surface area contributed by atoms with Gasteiger partial charge in [-0.3, -0.25) is 4.90 Å². The van der Waals surface area contributed by atoms with Gasteiger partial charge in [0.05, 0.1) is 0 Å². The number of piperidine rings is 1. The van der Waals surface area contributed by atoms with Gasteiger partial charge in [0.25, 0.3) is 5.82 Å². The van der Waals surface area contributed by atoms with Gasteiger partial charge in [-0.05, 0) is 19.9 Å². The van der Waals surface area contributed by atoms with Gasteiger partial charge in [0.1, 0.15) is 6.10 Å². The van der Waals surface area contributed by atoms with Crippen molar-refractivity contribution >= 4 is 17.7 Å². The Kier molecular flexibility index (Phi) is 5.94. The third kappa shape index (κ3) is 4.44. The van der Waals surface area contributed by atoms with Crippen LogP contribution in [0, 0.1) is 6.57 Å². The topological polar surface area (TPSA) is 53.3 Å². The Hall–Kier alpha value is -2.33. The molecule has 2 aliphatic heterocycles. The molecular formula is C19H27N5O2. The molecule has 140 valence electrons. The first-order chi connectivity index (χ1) is 12.6. The first kappa shape index (κ1) is 18.5. The summed E-state index contributed by atoms with van der Waals surface area (Å²) in [4.78, 5) is 26.5. The summed E-state index contributed by atoms with van der Waals surface area (Å²) in [5.41, 5.74) is 0. The second kappa shape index (κ2) is 8.37. The molecule has 0 N–H and O–H groups in total. The zero-order valence-electron chi connectivity index (χ0n) is 15.6. The predicted molar refractivity (Wildman–Crippen MR) is 100 cm³/mol. The van der Waals surface area contributed by atoms with Crippen LogP contribution in [0.5, 0.6) is 0 Å². The van der Waals surface area contributed by atoms with Crippen LogP contribution in [0.3, 0.4) is 0 Å². The summed E-state index contributed by atoms with van der Waals surface area (Å²) < 4.78 is 5.73. The van der Waals surface area contributed by atoms with Crippen molar-refractivity contribution in [2.75, 3.05) is 44.2 Å². The Morgan fingerprint density at radius 2 is 1.88 bits per heavy atom. The van der Waals surface area contributed by atoms with E-state index in [0.29, 0.717) is 11.9 Å². The lowest BCUT2D eigenvalue weighted by Crippen LogP contribution is -2.51. The van der Waals surface area contributed by atoms with Crippen molar-refractivity contribution in [3.05, 3.63) is 29.6 Å². The second-order valence-corrected chi connectivity index (χ2v) is 7.15. The van der Waals surface area contributed by atoms with E-state index < -0.39 is 0 Å². The van der Waals surface area contributed by atoms with E-state index in [-0.39, 0.29) is 12.2 Å². The molecule has 0 bridgehead atoms. The van der Waals surface area contributed by atoms with E-state index in [9.17, 15) is 4.79 Å². The number of amides is 1. The smallest absolute Gasteiger partial charge is 0.410 e. The first-order valence-electron chi connectivity index (χ1n) is 9.36. The van der Waals surface area contributed by atoms with Gasteiger partial charge in [-0.25, -0.2) is 4.79 Å². The minimum absolute atomic E-state index is 0.0362. The highest BCUT2D eigenvalue weighted by Crippen LogP contribution is 2.22. The van der Waals surface area contributed by atoms with Crippen molar-refractivity contribution < 1.29 is 9.53 Å². The molecule has 1 amide bonds. The van der Waals surface area contributed by atoms with E-state index >= 15 is 0 Å². The zero-order valence-corrected chi connectivity index (χ0v) is 15.6. The summed E-state index contributed by atoms with van der Waals surface area (Å²) in [6.45, 7) is 16.3. The van der Waals surface area contributed by atoms with E-state index in [0.717, 1.165) is 57.9 Å². The Balaban J connectivity index is 1.45. The molecule has 0 spiro atoms. The normalized spacial score (nSPS) is 19.5. The molecular weight excluding hydrogens is 330 g/mol. The van der Waals surface area contributed by atoms with Gasteiger partial charge >= 0.3 is 6.09 Å². The molecule has 2 saturated heterocycles. The van der Waals surface area contributed by atoms with Gasteiger partial charge in [-0.15, -0.1) is 4.98 Å². The number of rotatable bonds is 3. The molecule has 0 unspecified atom stereocenters. The van der Waals surface area contributed by atoms with Crippen LogP contribution in [0.15, 0.2) is 18.2 Å². The molecule has 0 saturated carbocycles. The number of carbonyl (C=O) groups is 1. The largest absolute Gasteiger partial charge is 0.446 e. The van der Waals surface area contributed by atoms with Crippen molar-refractivity contribution in [1.82, 2.24) is 14.8 Å². The molecule has 2 aliphatic rings. The molecule has 1 aromatic rings. The predicted octanol–water partition coefficient (Wildman–Crippen LogP) is 2.76. The average Bonchev–Trinajstić information content (AvgIpc) is 2.68. The summed E-state index contributed by atoms with van der Waals surface area (Å²) >= 11 is 0. The van der Waals surface area contributed by atoms with E-state index in [2.05, 4.69) is 33.5 Å². The minimum atomic E-state index is -0.181. The lowest BCUT2D eigenvalue weighted by atomic mass is 10.1. The minimum Gasteiger partial charge on any atom is -0.446 e. The fourth-order valence-corrected chi connectivity index (χ4v) is 3.49. The van der Waals surface area contributed by atoms with Crippen LogP contribution < -0.4 is 4.90 Å². The Bertz CT molecular complexity index is 656. The highest BCUT2D eigenvalue weighted by atomic mass is 16.6. The zero-order chi connectivity index (χ0) is 18.5. The number of ether oxygens (including phenoxy) is 1. The fourth-order valence-electron chi connectivity index (χ4n) is 3.49. The summed E-state index contributed by atoms with van der Waals surface area (Å²) in [6.07, 6.45) is 1.37. The van der Waals surface area contributed by atoms with Crippen LogP contribution in [0.1, 0.15) is 26.7 Å². The number of carbonyl (C=O) groups excluding carboxylic acids is 1. The molecule has 7 heteroatoms. The second-order valence-electron chi connectivity index (χ2n) is 7.15. The molecule has 0 aromatic carbocycles. The van der Waals surface area contributed by atoms with Crippen molar-refractivity contribution in [2.45, 2.75) is 38.8 Å². The van der Waals surface area contributed by atoms with Gasteiger partial charge in [0.15, 0.2) is 0 Å². The molecule has 0 atom stereocenters. The number of hydrogen-bond donors (Lipinski definition) is 0. The van der Waals surface area contributed by atoms with Crippen molar-refractivity contribution in [2.24, 2.45) is 0 Å². The van der Waals surface area contributed by atoms with Crippen LogP contribution in [0.4, 0.5) is 16.4 Å². The van der Waals surface area contributed by atoms with Gasteiger partial charge < -0.3 is 19.4 Å². The lowest BCUT2D eigenvalue weighted by molar-refractivity contribution is 0.0337. The third-order valence-corrected chi connectivity index (χ3v) is 5.17. The number of nitrogens with zero attached hydrogens (tertiary/aromatic N) is 5. The molecule has 2 fully saturated rings. The van der Waals surface area contributed by atoms with Crippen LogP contribution in [0.25, 0.3) is 4.85 Å². The van der Waals surface area contributed by atoms with Crippen molar-refractivity contribution in [3.8, 4) is 0 Å². The molecule has 7 nitrogen and oxygen atoms in total. The molecule has 0 aliphatic carbocycles. The summed E-state index contributed by atoms with van der Waals surface area (Å²) in [7, 11) is 0. The van der Waals surface area contributed by atoms with E-state index in [4.69, 9.17) is 11.3 Å². The van der Waals surface area contributed by atoms with E-state index in [1.165, 1.54) is 0 Å². The Morgan fingerprint density at radius 3 is 2.50 bits per heavy atom. The van der Waals surface area contributed by atoms with Crippen LogP contribution in [0.2, 0.25) is 0 Å². The number of anilines is 1. The van der Waals surface area contributed by atoms with Gasteiger partial charge in [-0.1, -0.05) is 12.6 Å². The van der Waals surface area contributed by atoms with Crippen molar-refractivity contribution in [1.29, 1.82) is 0 Å². The maximum Gasteiger partial charge on any atom is 0.410 e. The third-order valence-electron chi connectivity index (χ3n) is 5.17. The first-order valence-corrected chi connectivity index (χ1v) is 9.36. The number of pyridine rings is 1. The van der Waals surface area contributed by atoms with Gasteiger partial charge in [0, 0.05) is 64.2 Å².